The highest BCUT2D eigenvalue weighted by Crippen LogP contribution is 2.32. The molecule has 2 atom stereocenters. The molecule has 2 aromatic heterocycles. The van der Waals surface area contributed by atoms with Crippen molar-refractivity contribution >= 4 is 0 Å². The van der Waals surface area contributed by atoms with Gasteiger partial charge in [0.05, 0.1) is 23.5 Å². The van der Waals surface area contributed by atoms with Crippen LogP contribution in [0.1, 0.15) is 36.6 Å². The largest absolute Gasteiger partial charge is 0.380 e. The van der Waals surface area contributed by atoms with E-state index in [1.807, 2.05) is 17.8 Å². The number of hydrogen-bond donors (Lipinski definition) is 1. The lowest BCUT2D eigenvalue weighted by Gasteiger charge is -2.22. The second kappa shape index (κ2) is 5.95. The number of rotatable bonds is 5. The molecule has 1 N–H and O–H groups in total. The molecule has 3 rings (SSSR count). The summed E-state index contributed by atoms with van der Waals surface area (Å²) in [5.74, 6) is 1.00. The zero-order valence-corrected chi connectivity index (χ0v) is 12.8. The summed E-state index contributed by atoms with van der Waals surface area (Å²) in [7, 11) is 1.77. The standard InChI is InChI=1S/C14H22N6O/c1-4-20-13(10(2)17-18-20)9-19-8-11(21-3)7-12(19)14-15-5-6-16-14/h5-6,11-12H,4,7-9H2,1-3H3,(H,15,16)/t11-,12?/m1/s1. The maximum absolute atomic E-state index is 5.55. The number of hydrogen-bond acceptors (Lipinski definition) is 5. The van der Waals surface area contributed by atoms with Crippen LogP contribution in [0.2, 0.25) is 0 Å². The van der Waals surface area contributed by atoms with E-state index in [9.17, 15) is 0 Å². The smallest absolute Gasteiger partial charge is 0.123 e. The highest BCUT2D eigenvalue weighted by atomic mass is 16.5. The Labute approximate surface area is 124 Å². The first kappa shape index (κ1) is 14.2. The second-order valence-electron chi connectivity index (χ2n) is 5.45. The highest BCUT2D eigenvalue weighted by Gasteiger charge is 2.35. The molecule has 1 saturated heterocycles. The molecule has 1 unspecified atom stereocenters. The number of nitrogens with zero attached hydrogens (tertiary/aromatic N) is 5. The van der Waals surface area contributed by atoms with Gasteiger partial charge in [-0.05, 0) is 20.3 Å². The molecule has 0 radical (unpaired) electrons. The van der Waals surface area contributed by atoms with Gasteiger partial charge in [0.25, 0.3) is 0 Å². The quantitative estimate of drug-likeness (QED) is 0.898. The van der Waals surface area contributed by atoms with Crippen LogP contribution in [0.15, 0.2) is 12.4 Å². The minimum atomic E-state index is 0.242. The zero-order chi connectivity index (χ0) is 14.8. The summed E-state index contributed by atoms with van der Waals surface area (Å²) < 4.78 is 7.52. The van der Waals surface area contributed by atoms with Crippen molar-refractivity contribution in [3.8, 4) is 0 Å². The van der Waals surface area contributed by atoms with E-state index < -0.39 is 0 Å². The highest BCUT2D eigenvalue weighted by molar-refractivity contribution is 5.10. The maximum atomic E-state index is 5.55. The Morgan fingerprint density at radius 1 is 1.48 bits per heavy atom. The Hall–Kier alpha value is -1.73. The fourth-order valence-electron chi connectivity index (χ4n) is 3.01. The number of ether oxygens (including phenoxy) is 1. The van der Waals surface area contributed by atoms with Crippen molar-refractivity contribution in [1.82, 2.24) is 29.9 Å². The molecular formula is C14H22N6O. The monoisotopic (exact) mass is 290 g/mol. The Bertz CT molecular complexity index is 578. The normalized spacial score (nSPS) is 23.0. The number of imidazole rings is 1. The zero-order valence-electron chi connectivity index (χ0n) is 12.8. The fourth-order valence-corrected chi connectivity index (χ4v) is 3.01. The predicted octanol–water partition coefficient (Wildman–Crippen LogP) is 1.29. The van der Waals surface area contributed by atoms with Crippen molar-refractivity contribution in [2.75, 3.05) is 13.7 Å². The summed E-state index contributed by atoms with van der Waals surface area (Å²) in [4.78, 5) is 10.0. The molecule has 0 spiro atoms. The van der Waals surface area contributed by atoms with E-state index in [0.717, 1.165) is 37.6 Å². The van der Waals surface area contributed by atoms with Gasteiger partial charge in [-0.2, -0.15) is 0 Å². The lowest BCUT2D eigenvalue weighted by Crippen LogP contribution is -2.27. The summed E-state index contributed by atoms with van der Waals surface area (Å²) in [5, 5.41) is 8.38. The van der Waals surface area contributed by atoms with E-state index >= 15 is 0 Å². The van der Waals surface area contributed by atoms with E-state index in [1.54, 1.807) is 13.3 Å². The van der Waals surface area contributed by atoms with Crippen molar-refractivity contribution in [2.45, 2.75) is 45.5 Å². The van der Waals surface area contributed by atoms with Crippen LogP contribution in [-0.4, -0.2) is 49.6 Å². The van der Waals surface area contributed by atoms with Crippen LogP contribution in [0, 0.1) is 6.92 Å². The van der Waals surface area contributed by atoms with Crippen LogP contribution in [0.4, 0.5) is 0 Å². The van der Waals surface area contributed by atoms with E-state index in [4.69, 9.17) is 4.74 Å². The molecule has 2 aromatic rings. The Balaban J connectivity index is 1.83. The summed E-state index contributed by atoms with van der Waals surface area (Å²) in [6.07, 6.45) is 4.87. The van der Waals surface area contributed by atoms with Gasteiger partial charge in [0.2, 0.25) is 0 Å². The van der Waals surface area contributed by atoms with Crippen molar-refractivity contribution in [3.05, 3.63) is 29.6 Å². The molecule has 0 aliphatic carbocycles. The summed E-state index contributed by atoms with van der Waals surface area (Å²) in [5.41, 5.74) is 2.17. The first-order chi connectivity index (χ1) is 10.2. The third-order valence-corrected chi connectivity index (χ3v) is 4.22. The van der Waals surface area contributed by atoms with E-state index in [1.165, 1.54) is 5.69 Å². The summed E-state index contributed by atoms with van der Waals surface area (Å²) in [6, 6.07) is 0.254. The molecule has 21 heavy (non-hydrogen) atoms. The Morgan fingerprint density at radius 2 is 2.33 bits per heavy atom. The van der Waals surface area contributed by atoms with Gasteiger partial charge in [-0.25, -0.2) is 9.67 Å². The average Bonchev–Trinajstić information content (AvgIpc) is 3.20. The van der Waals surface area contributed by atoms with Gasteiger partial charge in [-0.3, -0.25) is 4.90 Å². The van der Waals surface area contributed by atoms with Gasteiger partial charge in [-0.1, -0.05) is 5.21 Å². The van der Waals surface area contributed by atoms with Gasteiger partial charge in [-0.15, -0.1) is 5.10 Å². The average molecular weight is 290 g/mol. The molecule has 0 amide bonds. The minimum Gasteiger partial charge on any atom is -0.380 e. The lowest BCUT2D eigenvalue weighted by molar-refractivity contribution is 0.107. The van der Waals surface area contributed by atoms with Crippen LogP contribution >= 0.6 is 0 Å². The minimum absolute atomic E-state index is 0.242. The van der Waals surface area contributed by atoms with Crippen LogP contribution in [-0.2, 0) is 17.8 Å². The molecule has 0 saturated carbocycles. The second-order valence-corrected chi connectivity index (χ2v) is 5.45. The SMILES string of the molecule is CCn1nnc(C)c1CN1C[C@H](OC)CC1c1ncc[nH]1. The van der Waals surface area contributed by atoms with Crippen molar-refractivity contribution in [2.24, 2.45) is 0 Å². The number of nitrogens with one attached hydrogen (secondary N) is 1. The van der Waals surface area contributed by atoms with Gasteiger partial charge in [0.1, 0.15) is 5.82 Å². The van der Waals surface area contributed by atoms with E-state index in [2.05, 4.69) is 32.1 Å². The maximum Gasteiger partial charge on any atom is 0.123 e. The third-order valence-electron chi connectivity index (χ3n) is 4.22. The van der Waals surface area contributed by atoms with Crippen molar-refractivity contribution < 1.29 is 4.74 Å². The molecule has 0 bridgehead atoms. The molecule has 1 aliphatic heterocycles. The molecule has 7 nitrogen and oxygen atoms in total. The first-order valence-electron chi connectivity index (χ1n) is 7.38. The van der Waals surface area contributed by atoms with Crippen molar-refractivity contribution in [1.29, 1.82) is 0 Å². The fraction of sp³-hybridized carbons (Fsp3) is 0.643. The molecule has 3 heterocycles. The number of likely N-dealkylation sites (tertiary alicyclic amines) is 1. The number of H-pyrrole nitrogens is 1. The van der Waals surface area contributed by atoms with E-state index in [-0.39, 0.29) is 12.1 Å². The van der Waals surface area contributed by atoms with Gasteiger partial charge in [0.15, 0.2) is 0 Å². The topological polar surface area (TPSA) is 71.9 Å². The van der Waals surface area contributed by atoms with Gasteiger partial charge in [0, 0.05) is 39.1 Å². The van der Waals surface area contributed by atoms with E-state index in [0.29, 0.717) is 0 Å². The van der Waals surface area contributed by atoms with Crippen LogP contribution in [0.25, 0.3) is 0 Å². The number of aromatic nitrogens is 5. The summed E-state index contributed by atoms with van der Waals surface area (Å²) in [6.45, 7) is 6.65. The predicted molar refractivity (Wildman–Crippen MR) is 77.6 cm³/mol. The van der Waals surface area contributed by atoms with Crippen LogP contribution < -0.4 is 0 Å². The molecular weight excluding hydrogens is 268 g/mol. The number of methoxy groups -OCH3 is 1. The Morgan fingerprint density at radius 3 is 3.00 bits per heavy atom. The van der Waals surface area contributed by atoms with Gasteiger partial charge >= 0.3 is 0 Å². The molecule has 7 heteroatoms. The number of aryl methyl sites for hydroxylation is 2. The molecule has 1 fully saturated rings. The van der Waals surface area contributed by atoms with Crippen molar-refractivity contribution in [3.63, 3.8) is 0 Å². The first-order valence-corrected chi connectivity index (χ1v) is 7.38. The third kappa shape index (κ3) is 2.71. The van der Waals surface area contributed by atoms with Crippen LogP contribution in [0.5, 0.6) is 0 Å². The summed E-state index contributed by atoms with van der Waals surface area (Å²) >= 11 is 0. The Kier molecular flexibility index (Phi) is 4.03. The number of aromatic amines is 1. The molecule has 1 aliphatic rings. The van der Waals surface area contributed by atoms with Gasteiger partial charge < -0.3 is 9.72 Å². The molecule has 0 aromatic carbocycles. The lowest BCUT2D eigenvalue weighted by atomic mass is 10.2. The molecule has 114 valence electrons. The van der Waals surface area contributed by atoms with Crippen LogP contribution in [0.3, 0.4) is 0 Å².